The minimum Gasteiger partial charge on any atom is -0.484 e. The molecule has 3 N–H and O–H groups in total. The Hall–Kier alpha value is -3.02. The Morgan fingerprint density at radius 3 is 2.68 bits per heavy atom. The molecule has 2 aromatic rings. The molecule has 0 bridgehead atoms. The normalized spacial score (nSPS) is 14.4. The number of guanidine groups is 1. The minimum absolute atomic E-state index is 0.0201. The fraction of sp³-hybridized carbons (Fsp3) is 0.440. The van der Waals surface area contributed by atoms with Crippen LogP contribution in [0.5, 0.6) is 5.75 Å². The standard InChI is InChI=1S/C25H34N4O2/c1-4-27-24(30)17-31-23-11-7-8-19(14-23)16-28-25(26-3)29-18(2)21-13-12-20-9-5-6-10-22(20)15-21/h7-8,11-15,18H,4-6,9-10,16-17H2,1-3H3,(H,27,30)(H2,26,28,29). The molecule has 1 unspecified atom stereocenters. The van der Waals surface area contributed by atoms with Crippen LogP contribution in [0.4, 0.5) is 0 Å². The number of hydrogen-bond donors (Lipinski definition) is 3. The van der Waals surface area contributed by atoms with E-state index in [-0.39, 0.29) is 18.6 Å². The van der Waals surface area contributed by atoms with Gasteiger partial charge < -0.3 is 20.7 Å². The number of nitrogens with zero attached hydrogens (tertiary/aromatic N) is 1. The lowest BCUT2D eigenvalue weighted by Gasteiger charge is -2.21. The molecule has 0 fully saturated rings. The summed E-state index contributed by atoms with van der Waals surface area (Å²) in [5.74, 6) is 1.31. The number of aryl methyl sites for hydroxylation is 2. The van der Waals surface area contributed by atoms with Gasteiger partial charge in [-0.2, -0.15) is 0 Å². The zero-order chi connectivity index (χ0) is 22.1. The molecule has 1 atom stereocenters. The maximum Gasteiger partial charge on any atom is 0.257 e. The number of rotatable bonds is 8. The van der Waals surface area contributed by atoms with E-state index in [2.05, 4.69) is 46.1 Å². The number of aliphatic imine (C=N–C) groups is 1. The number of amides is 1. The van der Waals surface area contributed by atoms with E-state index < -0.39 is 0 Å². The molecule has 0 spiro atoms. The first kappa shape index (κ1) is 22.7. The quantitative estimate of drug-likeness (QED) is 0.450. The molecule has 1 amide bonds. The second-order valence-electron chi connectivity index (χ2n) is 7.92. The van der Waals surface area contributed by atoms with Gasteiger partial charge in [-0.05, 0) is 73.9 Å². The number of fused-ring (bicyclic) bond motifs is 1. The molecule has 3 rings (SSSR count). The fourth-order valence-electron chi connectivity index (χ4n) is 3.83. The van der Waals surface area contributed by atoms with Crippen LogP contribution in [0, 0.1) is 0 Å². The van der Waals surface area contributed by atoms with E-state index in [0.29, 0.717) is 18.8 Å². The van der Waals surface area contributed by atoms with Crippen molar-refractivity contribution in [2.75, 3.05) is 20.2 Å². The van der Waals surface area contributed by atoms with E-state index in [1.165, 1.54) is 42.4 Å². The van der Waals surface area contributed by atoms with Crippen LogP contribution in [-0.4, -0.2) is 32.1 Å². The van der Waals surface area contributed by atoms with Gasteiger partial charge in [0.05, 0.1) is 6.04 Å². The average Bonchev–Trinajstić information content (AvgIpc) is 2.80. The van der Waals surface area contributed by atoms with Crippen LogP contribution in [-0.2, 0) is 24.2 Å². The van der Waals surface area contributed by atoms with E-state index in [0.717, 1.165) is 11.5 Å². The number of hydrogen-bond acceptors (Lipinski definition) is 3. The number of benzene rings is 2. The third kappa shape index (κ3) is 6.74. The molecular formula is C25H34N4O2. The van der Waals surface area contributed by atoms with E-state index in [1.807, 2.05) is 31.2 Å². The summed E-state index contributed by atoms with van der Waals surface area (Å²) in [5.41, 5.74) is 5.32. The highest BCUT2D eigenvalue weighted by molar-refractivity contribution is 5.80. The largest absolute Gasteiger partial charge is 0.484 e. The van der Waals surface area contributed by atoms with Crippen LogP contribution in [0.3, 0.4) is 0 Å². The molecule has 0 radical (unpaired) electrons. The lowest BCUT2D eigenvalue weighted by Crippen LogP contribution is -2.38. The zero-order valence-electron chi connectivity index (χ0n) is 18.8. The third-order valence-corrected chi connectivity index (χ3v) is 5.55. The summed E-state index contributed by atoms with van der Waals surface area (Å²) in [6, 6.07) is 14.7. The number of carbonyl (C=O) groups excluding carboxylic acids is 1. The highest BCUT2D eigenvalue weighted by Gasteiger charge is 2.13. The molecule has 1 aliphatic carbocycles. The van der Waals surface area contributed by atoms with Gasteiger partial charge in [-0.25, -0.2) is 0 Å². The fourth-order valence-corrected chi connectivity index (χ4v) is 3.83. The predicted molar refractivity (Wildman–Crippen MR) is 125 cm³/mol. The van der Waals surface area contributed by atoms with Crippen molar-refractivity contribution in [3.8, 4) is 5.75 Å². The first-order chi connectivity index (χ1) is 15.1. The second kappa shape index (κ2) is 11.4. The first-order valence-corrected chi connectivity index (χ1v) is 11.2. The van der Waals surface area contributed by atoms with Crippen molar-refractivity contribution >= 4 is 11.9 Å². The van der Waals surface area contributed by atoms with E-state index in [9.17, 15) is 4.79 Å². The van der Waals surface area contributed by atoms with Crippen LogP contribution in [0.2, 0.25) is 0 Å². The van der Waals surface area contributed by atoms with Gasteiger partial charge in [0.15, 0.2) is 12.6 Å². The summed E-state index contributed by atoms with van der Waals surface area (Å²) < 4.78 is 5.58. The maximum atomic E-state index is 11.6. The summed E-state index contributed by atoms with van der Waals surface area (Å²) in [6.07, 6.45) is 4.97. The Labute approximate surface area is 185 Å². The Morgan fingerprint density at radius 1 is 1.10 bits per heavy atom. The van der Waals surface area contributed by atoms with Gasteiger partial charge in [0.25, 0.3) is 5.91 Å². The molecule has 0 saturated carbocycles. The third-order valence-electron chi connectivity index (χ3n) is 5.55. The zero-order valence-corrected chi connectivity index (χ0v) is 18.8. The minimum atomic E-state index is -0.119. The molecule has 0 saturated heterocycles. The SMILES string of the molecule is CCNC(=O)COc1cccc(CNC(=NC)NC(C)c2ccc3c(c2)CCCC3)c1. The number of ether oxygens (including phenoxy) is 1. The lowest BCUT2D eigenvalue weighted by atomic mass is 9.89. The Bertz CT molecular complexity index is 910. The molecule has 2 aromatic carbocycles. The monoisotopic (exact) mass is 422 g/mol. The predicted octanol–water partition coefficient (Wildman–Crippen LogP) is 3.51. The molecule has 31 heavy (non-hydrogen) atoms. The van der Waals surface area contributed by atoms with Gasteiger partial charge in [-0.3, -0.25) is 9.79 Å². The van der Waals surface area contributed by atoms with E-state index >= 15 is 0 Å². The smallest absolute Gasteiger partial charge is 0.257 e. The van der Waals surface area contributed by atoms with Crippen LogP contribution < -0.4 is 20.7 Å². The molecule has 0 heterocycles. The van der Waals surface area contributed by atoms with Crippen molar-refractivity contribution < 1.29 is 9.53 Å². The van der Waals surface area contributed by atoms with Gasteiger partial charge >= 0.3 is 0 Å². The number of nitrogens with one attached hydrogen (secondary N) is 3. The van der Waals surface area contributed by atoms with Crippen molar-refractivity contribution in [1.29, 1.82) is 0 Å². The van der Waals surface area contributed by atoms with Crippen molar-refractivity contribution in [3.63, 3.8) is 0 Å². The van der Waals surface area contributed by atoms with Gasteiger partial charge in [-0.1, -0.05) is 30.3 Å². The summed E-state index contributed by atoms with van der Waals surface area (Å²) in [7, 11) is 1.78. The molecule has 1 aliphatic rings. The maximum absolute atomic E-state index is 11.6. The highest BCUT2D eigenvalue weighted by Crippen LogP contribution is 2.24. The Kier molecular flexibility index (Phi) is 8.33. The van der Waals surface area contributed by atoms with Crippen LogP contribution in [0.1, 0.15) is 55.0 Å². The summed E-state index contributed by atoms with van der Waals surface area (Å²) in [6.45, 7) is 5.27. The molecule has 0 aromatic heterocycles. The number of carbonyl (C=O) groups is 1. The van der Waals surface area contributed by atoms with Crippen molar-refractivity contribution in [2.45, 2.75) is 52.1 Å². The van der Waals surface area contributed by atoms with E-state index in [1.54, 1.807) is 7.05 Å². The summed E-state index contributed by atoms with van der Waals surface area (Å²) >= 11 is 0. The lowest BCUT2D eigenvalue weighted by molar-refractivity contribution is -0.122. The van der Waals surface area contributed by atoms with Crippen molar-refractivity contribution in [3.05, 3.63) is 64.7 Å². The van der Waals surface area contributed by atoms with Gasteiger partial charge in [-0.15, -0.1) is 0 Å². The molecule has 0 aliphatic heterocycles. The summed E-state index contributed by atoms with van der Waals surface area (Å²) in [5, 5.41) is 9.57. The highest BCUT2D eigenvalue weighted by atomic mass is 16.5. The van der Waals surface area contributed by atoms with Gasteiger partial charge in [0, 0.05) is 20.1 Å². The van der Waals surface area contributed by atoms with Crippen molar-refractivity contribution in [2.24, 2.45) is 4.99 Å². The molecule has 6 nitrogen and oxygen atoms in total. The Balaban J connectivity index is 1.53. The van der Waals surface area contributed by atoms with Crippen LogP contribution in [0.15, 0.2) is 47.5 Å². The molecule has 166 valence electrons. The van der Waals surface area contributed by atoms with E-state index in [4.69, 9.17) is 4.74 Å². The first-order valence-electron chi connectivity index (χ1n) is 11.2. The van der Waals surface area contributed by atoms with Crippen molar-refractivity contribution in [1.82, 2.24) is 16.0 Å². The Morgan fingerprint density at radius 2 is 1.90 bits per heavy atom. The van der Waals surface area contributed by atoms with Crippen LogP contribution in [0.25, 0.3) is 0 Å². The average molecular weight is 423 g/mol. The second-order valence-corrected chi connectivity index (χ2v) is 7.92. The topological polar surface area (TPSA) is 74.8 Å². The molecular weight excluding hydrogens is 388 g/mol. The summed E-state index contributed by atoms with van der Waals surface area (Å²) in [4.78, 5) is 16.0. The molecule has 6 heteroatoms. The van der Waals surface area contributed by atoms with Gasteiger partial charge in [0.2, 0.25) is 0 Å². The van der Waals surface area contributed by atoms with Crippen LogP contribution >= 0.6 is 0 Å². The van der Waals surface area contributed by atoms with Gasteiger partial charge in [0.1, 0.15) is 5.75 Å². The number of likely N-dealkylation sites (N-methyl/N-ethyl adjacent to an activating group) is 1.